The first-order valence-electron chi connectivity index (χ1n) is 5.91. The summed E-state index contributed by atoms with van der Waals surface area (Å²) in [7, 11) is 0. The number of rotatable bonds is 3. The van der Waals surface area contributed by atoms with E-state index in [-0.39, 0.29) is 22.4 Å². The molecule has 1 aliphatic rings. The van der Waals surface area contributed by atoms with Crippen molar-refractivity contribution in [2.24, 2.45) is 5.92 Å². The van der Waals surface area contributed by atoms with E-state index in [1.807, 2.05) is 0 Å². The Bertz CT molecular complexity index is 481. The molecule has 2 N–H and O–H groups in total. The highest BCUT2D eigenvalue weighted by Crippen LogP contribution is 2.27. The van der Waals surface area contributed by atoms with Crippen LogP contribution in [-0.2, 0) is 4.79 Å². The van der Waals surface area contributed by atoms with Crippen molar-refractivity contribution < 1.29 is 14.7 Å². The minimum Gasteiger partial charge on any atom is -0.478 e. The highest BCUT2D eigenvalue weighted by Gasteiger charge is 2.22. The molecule has 96 valence electrons. The van der Waals surface area contributed by atoms with Crippen LogP contribution in [0.15, 0.2) is 18.2 Å². The lowest BCUT2D eigenvalue weighted by Crippen LogP contribution is -2.20. The van der Waals surface area contributed by atoms with E-state index >= 15 is 0 Å². The van der Waals surface area contributed by atoms with Crippen LogP contribution >= 0.6 is 11.6 Å². The predicted molar refractivity (Wildman–Crippen MR) is 69.0 cm³/mol. The number of anilines is 1. The second-order valence-corrected chi connectivity index (χ2v) is 4.88. The first-order valence-corrected chi connectivity index (χ1v) is 6.29. The summed E-state index contributed by atoms with van der Waals surface area (Å²) < 4.78 is 0. The SMILES string of the molecule is O=C(O)c1ccc(NC(=O)C2CCCC2)cc1Cl. The molecule has 0 bridgehead atoms. The molecule has 4 nitrogen and oxygen atoms in total. The van der Waals surface area contributed by atoms with Gasteiger partial charge in [-0.2, -0.15) is 0 Å². The normalized spacial score (nSPS) is 15.6. The Balaban J connectivity index is 2.07. The van der Waals surface area contributed by atoms with Crippen LogP contribution in [-0.4, -0.2) is 17.0 Å². The molecule has 18 heavy (non-hydrogen) atoms. The molecule has 0 saturated heterocycles. The number of nitrogens with one attached hydrogen (secondary N) is 1. The lowest BCUT2D eigenvalue weighted by atomic mass is 10.1. The lowest BCUT2D eigenvalue weighted by Gasteiger charge is -2.11. The third-order valence-electron chi connectivity index (χ3n) is 3.19. The zero-order valence-corrected chi connectivity index (χ0v) is 10.5. The van der Waals surface area contributed by atoms with Crippen molar-refractivity contribution >= 4 is 29.2 Å². The fourth-order valence-electron chi connectivity index (χ4n) is 2.20. The standard InChI is InChI=1S/C13H14ClNO3/c14-11-7-9(5-6-10(11)13(17)18)15-12(16)8-3-1-2-4-8/h5-8H,1-4H2,(H,15,16)(H,17,18). The second-order valence-electron chi connectivity index (χ2n) is 4.47. The van der Waals surface area contributed by atoms with Gasteiger partial charge in [0.25, 0.3) is 0 Å². The smallest absolute Gasteiger partial charge is 0.337 e. The van der Waals surface area contributed by atoms with Crippen LogP contribution in [0.1, 0.15) is 36.0 Å². The number of carboxylic acids is 1. The Kier molecular flexibility index (Phi) is 3.87. The summed E-state index contributed by atoms with van der Waals surface area (Å²) in [5.74, 6) is -1.01. The van der Waals surface area contributed by atoms with E-state index in [1.54, 1.807) is 6.07 Å². The Hall–Kier alpha value is -1.55. The zero-order valence-electron chi connectivity index (χ0n) is 9.78. The van der Waals surface area contributed by atoms with Gasteiger partial charge in [-0.3, -0.25) is 4.79 Å². The van der Waals surface area contributed by atoms with Gasteiger partial charge in [0, 0.05) is 11.6 Å². The summed E-state index contributed by atoms with van der Waals surface area (Å²) in [5.41, 5.74) is 0.581. The zero-order chi connectivity index (χ0) is 13.1. The molecule has 5 heteroatoms. The van der Waals surface area contributed by atoms with Crippen molar-refractivity contribution in [1.82, 2.24) is 0 Å². The molecule has 0 atom stereocenters. The highest BCUT2D eigenvalue weighted by atomic mass is 35.5. The summed E-state index contributed by atoms with van der Waals surface area (Å²) in [4.78, 5) is 22.7. The number of hydrogen-bond acceptors (Lipinski definition) is 2. The molecule has 1 amide bonds. The van der Waals surface area contributed by atoms with Crippen LogP contribution in [0.4, 0.5) is 5.69 Å². The number of hydrogen-bond donors (Lipinski definition) is 2. The Morgan fingerprint density at radius 1 is 1.28 bits per heavy atom. The maximum atomic E-state index is 11.9. The molecule has 1 fully saturated rings. The van der Waals surface area contributed by atoms with Crippen LogP contribution in [0.3, 0.4) is 0 Å². The van der Waals surface area contributed by atoms with Gasteiger partial charge >= 0.3 is 5.97 Å². The van der Waals surface area contributed by atoms with E-state index in [1.165, 1.54) is 12.1 Å². The summed E-state index contributed by atoms with van der Waals surface area (Å²) in [6.07, 6.45) is 4.03. The maximum Gasteiger partial charge on any atom is 0.337 e. The number of benzene rings is 1. The minimum absolute atomic E-state index is 0.00774. The Morgan fingerprint density at radius 2 is 1.94 bits per heavy atom. The first-order chi connectivity index (χ1) is 8.58. The number of aromatic carboxylic acids is 1. The molecule has 0 radical (unpaired) electrons. The number of carbonyl (C=O) groups is 2. The van der Waals surface area contributed by atoms with Crippen LogP contribution < -0.4 is 5.32 Å². The van der Waals surface area contributed by atoms with Crippen molar-refractivity contribution in [3.63, 3.8) is 0 Å². The van der Waals surface area contributed by atoms with Crippen LogP contribution in [0.5, 0.6) is 0 Å². The van der Waals surface area contributed by atoms with E-state index < -0.39 is 5.97 Å². The summed E-state index contributed by atoms with van der Waals surface area (Å²) in [5, 5.41) is 11.7. The molecule has 0 spiro atoms. The largest absolute Gasteiger partial charge is 0.478 e. The molecule has 0 aliphatic heterocycles. The van der Waals surface area contributed by atoms with Gasteiger partial charge in [0.2, 0.25) is 5.91 Å². The topological polar surface area (TPSA) is 66.4 Å². The van der Waals surface area contributed by atoms with E-state index in [0.29, 0.717) is 5.69 Å². The fourth-order valence-corrected chi connectivity index (χ4v) is 2.46. The molecule has 0 aromatic heterocycles. The van der Waals surface area contributed by atoms with E-state index in [2.05, 4.69) is 5.32 Å². The molecule has 0 heterocycles. The van der Waals surface area contributed by atoms with Gasteiger partial charge in [-0.05, 0) is 31.0 Å². The van der Waals surface area contributed by atoms with Crippen molar-refractivity contribution in [3.05, 3.63) is 28.8 Å². The monoisotopic (exact) mass is 267 g/mol. The molecule has 2 rings (SSSR count). The summed E-state index contributed by atoms with van der Waals surface area (Å²) in [6.45, 7) is 0. The van der Waals surface area contributed by atoms with Crippen molar-refractivity contribution in [2.45, 2.75) is 25.7 Å². The van der Waals surface area contributed by atoms with Gasteiger partial charge in [-0.25, -0.2) is 4.79 Å². The summed E-state index contributed by atoms with van der Waals surface area (Å²) in [6, 6.07) is 4.43. The van der Waals surface area contributed by atoms with Crippen molar-refractivity contribution in [1.29, 1.82) is 0 Å². The van der Waals surface area contributed by atoms with Crippen molar-refractivity contribution in [3.8, 4) is 0 Å². The molecule has 1 aromatic rings. The number of carbonyl (C=O) groups excluding carboxylic acids is 1. The first kappa shape index (κ1) is 12.9. The van der Waals surface area contributed by atoms with Crippen LogP contribution in [0.2, 0.25) is 5.02 Å². The highest BCUT2D eigenvalue weighted by molar-refractivity contribution is 6.33. The third kappa shape index (κ3) is 2.82. The summed E-state index contributed by atoms with van der Waals surface area (Å²) >= 11 is 5.84. The van der Waals surface area contributed by atoms with E-state index in [4.69, 9.17) is 16.7 Å². The molecular formula is C13H14ClNO3. The van der Waals surface area contributed by atoms with E-state index in [9.17, 15) is 9.59 Å². The number of carboxylic acid groups (broad SMARTS) is 1. The van der Waals surface area contributed by atoms with Gasteiger partial charge in [0.1, 0.15) is 0 Å². The molecular weight excluding hydrogens is 254 g/mol. The Morgan fingerprint density at radius 3 is 2.50 bits per heavy atom. The molecule has 0 unspecified atom stereocenters. The quantitative estimate of drug-likeness (QED) is 0.884. The molecule has 1 aliphatic carbocycles. The number of halogens is 1. The number of amides is 1. The van der Waals surface area contributed by atoms with Gasteiger partial charge in [0.15, 0.2) is 0 Å². The second kappa shape index (κ2) is 5.40. The lowest BCUT2D eigenvalue weighted by molar-refractivity contribution is -0.119. The maximum absolute atomic E-state index is 11.9. The average molecular weight is 268 g/mol. The van der Waals surface area contributed by atoms with Crippen LogP contribution in [0.25, 0.3) is 0 Å². The van der Waals surface area contributed by atoms with Gasteiger partial charge in [0.05, 0.1) is 10.6 Å². The van der Waals surface area contributed by atoms with Crippen LogP contribution in [0, 0.1) is 5.92 Å². The predicted octanol–water partition coefficient (Wildman–Crippen LogP) is 3.17. The fraction of sp³-hybridized carbons (Fsp3) is 0.385. The minimum atomic E-state index is -1.08. The molecule has 1 saturated carbocycles. The molecule has 1 aromatic carbocycles. The van der Waals surface area contributed by atoms with Gasteiger partial charge < -0.3 is 10.4 Å². The van der Waals surface area contributed by atoms with E-state index in [0.717, 1.165) is 25.7 Å². The Labute approximate surface area is 110 Å². The third-order valence-corrected chi connectivity index (χ3v) is 3.51. The van der Waals surface area contributed by atoms with Gasteiger partial charge in [-0.15, -0.1) is 0 Å². The van der Waals surface area contributed by atoms with Gasteiger partial charge in [-0.1, -0.05) is 24.4 Å². The van der Waals surface area contributed by atoms with Crippen molar-refractivity contribution in [2.75, 3.05) is 5.32 Å². The average Bonchev–Trinajstić information content (AvgIpc) is 2.81.